The first-order valence-corrected chi connectivity index (χ1v) is 6.78. The smallest absolute Gasteiger partial charge is 0.119 e. The van der Waals surface area contributed by atoms with Crippen LogP contribution in [-0.2, 0) is 6.42 Å². The molecular formula is C13H17IO. The third-order valence-corrected chi connectivity index (χ3v) is 2.67. The van der Waals surface area contributed by atoms with Crippen LogP contribution in [0.25, 0.3) is 0 Å². The summed E-state index contributed by atoms with van der Waals surface area (Å²) < 4.78 is 6.76. The molecule has 82 valence electrons. The highest BCUT2D eigenvalue weighted by Gasteiger charge is 1.94. The molecule has 0 saturated heterocycles. The average Bonchev–Trinajstić information content (AvgIpc) is 2.27. The molecule has 1 nitrogen and oxygen atoms in total. The minimum absolute atomic E-state index is 0.775. The summed E-state index contributed by atoms with van der Waals surface area (Å²) in [6, 6.07) is 8.38. The molecule has 0 bridgehead atoms. The second-order valence-electron chi connectivity index (χ2n) is 3.36. The van der Waals surface area contributed by atoms with Crippen molar-refractivity contribution in [3.63, 3.8) is 0 Å². The predicted molar refractivity (Wildman–Crippen MR) is 74.0 cm³/mol. The average molecular weight is 316 g/mol. The molecule has 0 fully saturated rings. The van der Waals surface area contributed by atoms with Gasteiger partial charge >= 0.3 is 0 Å². The lowest BCUT2D eigenvalue weighted by Gasteiger charge is -2.05. The van der Waals surface area contributed by atoms with Gasteiger partial charge in [-0.05, 0) is 37.0 Å². The number of benzene rings is 1. The van der Waals surface area contributed by atoms with Crippen LogP contribution in [0, 0.1) is 0 Å². The van der Waals surface area contributed by atoms with Gasteiger partial charge in [-0.3, -0.25) is 0 Å². The van der Waals surface area contributed by atoms with Crippen molar-refractivity contribution in [1.29, 1.82) is 0 Å². The topological polar surface area (TPSA) is 9.23 Å². The molecule has 0 atom stereocenters. The zero-order valence-corrected chi connectivity index (χ0v) is 11.1. The van der Waals surface area contributed by atoms with Gasteiger partial charge in [0.05, 0.1) is 6.61 Å². The van der Waals surface area contributed by atoms with Crippen molar-refractivity contribution < 1.29 is 4.74 Å². The highest BCUT2D eigenvalue weighted by atomic mass is 127. The highest BCUT2D eigenvalue weighted by Crippen LogP contribution is 2.13. The summed E-state index contributed by atoms with van der Waals surface area (Å²) in [5, 5.41) is 0. The van der Waals surface area contributed by atoms with E-state index in [1.165, 1.54) is 5.56 Å². The molecule has 1 aromatic rings. The molecule has 0 aliphatic carbocycles. The summed E-state index contributed by atoms with van der Waals surface area (Å²) >= 11 is 2.39. The largest absolute Gasteiger partial charge is 0.494 e. The lowest BCUT2D eigenvalue weighted by Crippen LogP contribution is -1.96. The van der Waals surface area contributed by atoms with Gasteiger partial charge in [-0.15, -0.1) is 6.58 Å². The van der Waals surface area contributed by atoms with E-state index in [4.69, 9.17) is 4.74 Å². The van der Waals surface area contributed by atoms with Crippen LogP contribution < -0.4 is 4.74 Å². The maximum atomic E-state index is 5.59. The Kier molecular flexibility index (Phi) is 6.48. The minimum atomic E-state index is 0.775. The monoisotopic (exact) mass is 316 g/mol. The molecule has 0 spiro atoms. The Labute approximate surface area is 106 Å². The zero-order valence-electron chi connectivity index (χ0n) is 8.92. The number of halogens is 1. The van der Waals surface area contributed by atoms with Crippen LogP contribution in [0.3, 0.4) is 0 Å². The van der Waals surface area contributed by atoms with Crippen molar-refractivity contribution in [2.24, 2.45) is 0 Å². The van der Waals surface area contributed by atoms with Crippen LogP contribution >= 0.6 is 22.6 Å². The van der Waals surface area contributed by atoms with E-state index in [1.54, 1.807) is 0 Å². The summed E-state index contributed by atoms with van der Waals surface area (Å²) in [7, 11) is 0. The van der Waals surface area contributed by atoms with Gasteiger partial charge in [0.15, 0.2) is 0 Å². The third kappa shape index (κ3) is 5.21. The molecule has 15 heavy (non-hydrogen) atoms. The molecule has 0 radical (unpaired) electrons. The minimum Gasteiger partial charge on any atom is -0.494 e. The number of allylic oxidation sites excluding steroid dienone is 1. The fourth-order valence-corrected chi connectivity index (χ4v) is 1.90. The molecule has 0 aliphatic heterocycles. The Hall–Kier alpha value is -0.510. The summed E-state index contributed by atoms with van der Waals surface area (Å²) in [6.07, 6.45) is 5.12. The normalized spacial score (nSPS) is 9.93. The number of ether oxygens (including phenoxy) is 1. The zero-order chi connectivity index (χ0) is 10.9. The maximum absolute atomic E-state index is 5.59. The summed E-state index contributed by atoms with van der Waals surface area (Å²) in [6.45, 7) is 4.46. The van der Waals surface area contributed by atoms with Gasteiger partial charge in [0, 0.05) is 4.43 Å². The first kappa shape index (κ1) is 12.6. The summed E-state index contributed by atoms with van der Waals surface area (Å²) in [4.78, 5) is 0. The molecule has 0 saturated carbocycles. The molecule has 0 amide bonds. The standard InChI is InChI=1S/C13H17IO/c1-2-3-4-11-15-13-7-5-12(6-8-13)9-10-14/h2,5-8H,1,3-4,9-11H2. The lowest BCUT2D eigenvalue weighted by atomic mass is 10.2. The first-order valence-electron chi connectivity index (χ1n) is 5.25. The van der Waals surface area contributed by atoms with Gasteiger partial charge in [0.2, 0.25) is 0 Å². The van der Waals surface area contributed by atoms with Gasteiger partial charge < -0.3 is 4.74 Å². The van der Waals surface area contributed by atoms with Gasteiger partial charge in [0.25, 0.3) is 0 Å². The van der Waals surface area contributed by atoms with Gasteiger partial charge in [-0.2, -0.15) is 0 Å². The van der Waals surface area contributed by atoms with E-state index >= 15 is 0 Å². The number of unbranched alkanes of at least 4 members (excludes halogenated alkanes) is 1. The SMILES string of the molecule is C=CCCCOc1ccc(CCI)cc1. The molecule has 1 aromatic carbocycles. The Morgan fingerprint density at radius 1 is 1.27 bits per heavy atom. The Morgan fingerprint density at radius 3 is 2.60 bits per heavy atom. The van der Waals surface area contributed by atoms with Gasteiger partial charge in [-0.1, -0.05) is 40.8 Å². The maximum Gasteiger partial charge on any atom is 0.119 e. The first-order chi connectivity index (χ1) is 7.36. The Bertz CT molecular complexity index is 279. The van der Waals surface area contributed by atoms with E-state index in [1.807, 2.05) is 6.08 Å². The van der Waals surface area contributed by atoms with Crippen LogP contribution in [0.1, 0.15) is 18.4 Å². The van der Waals surface area contributed by atoms with Crippen molar-refractivity contribution in [1.82, 2.24) is 0 Å². The summed E-state index contributed by atoms with van der Waals surface area (Å²) in [5.41, 5.74) is 1.38. The highest BCUT2D eigenvalue weighted by molar-refractivity contribution is 14.1. The van der Waals surface area contributed by atoms with Gasteiger partial charge in [-0.25, -0.2) is 0 Å². The van der Waals surface area contributed by atoms with E-state index in [-0.39, 0.29) is 0 Å². The van der Waals surface area contributed by atoms with Crippen molar-refractivity contribution in [3.8, 4) is 5.75 Å². The number of rotatable bonds is 7. The number of hydrogen-bond acceptors (Lipinski definition) is 1. The molecule has 0 aliphatic rings. The molecule has 2 heteroatoms. The van der Waals surface area contributed by atoms with Crippen LogP contribution in [0.15, 0.2) is 36.9 Å². The summed E-state index contributed by atoms with van der Waals surface area (Å²) in [5.74, 6) is 0.969. The van der Waals surface area contributed by atoms with E-state index in [0.717, 1.165) is 36.0 Å². The van der Waals surface area contributed by atoms with E-state index < -0.39 is 0 Å². The molecule has 0 heterocycles. The fourth-order valence-electron chi connectivity index (χ4n) is 1.28. The van der Waals surface area contributed by atoms with Crippen LogP contribution in [0.5, 0.6) is 5.75 Å². The molecular weight excluding hydrogens is 299 g/mol. The van der Waals surface area contributed by atoms with Crippen molar-refractivity contribution in [3.05, 3.63) is 42.5 Å². The fraction of sp³-hybridized carbons (Fsp3) is 0.385. The van der Waals surface area contributed by atoms with E-state index in [2.05, 4.69) is 53.4 Å². The van der Waals surface area contributed by atoms with Crippen molar-refractivity contribution >= 4 is 22.6 Å². The van der Waals surface area contributed by atoms with Crippen LogP contribution in [0.4, 0.5) is 0 Å². The number of aryl methyl sites for hydroxylation is 1. The second kappa shape index (κ2) is 7.74. The Balaban J connectivity index is 2.32. The van der Waals surface area contributed by atoms with Crippen LogP contribution in [-0.4, -0.2) is 11.0 Å². The van der Waals surface area contributed by atoms with Crippen molar-refractivity contribution in [2.75, 3.05) is 11.0 Å². The van der Waals surface area contributed by atoms with E-state index in [9.17, 15) is 0 Å². The van der Waals surface area contributed by atoms with E-state index in [0.29, 0.717) is 0 Å². The Morgan fingerprint density at radius 2 is 2.00 bits per heavy atom. The van der Waals surface area contributed by atoms with Crippen molar-refractivity contribution in [2.45, 2.75) is 19.3 Å². The number of alkyl halides is 1. The third-order valence-electron chi connectivity index (χ3n) is 2.13. The molecule has 1 rings (SSSR count). The second-order valence-corrected chi connectivity index (χ2v) is 4.44. The number of hydrogen-bond donors (Lipinski definition) is 0. The molecule has 0 aromatic heterocycles. The molecule has 0 unspecified atom stereocenters. The van der Waals surface area contributed by atoms with Crippen LogP contribution in [0.2, 0.25) is 0 Å². The lowest BCUT2D eigenvalue weighted by molar-refractivity contribution is 0.312. The molecule has 0 N–H and O–H groups in total. The predicted octanol–water partition coefficient (Wildman–Crippen LogP) is 4.01. The van der Waals surface area contributed by atoms with Gasteiger partial charge in [0.1, 0.15) is 5.75 Å². The quantitative estimate of drug-likeness (QED) is 0.320.